The molecule has 0 saturated carbocycles. The molecule has 2 N–H and O–H groups in total. The van der Waals surface area contributed by atoms with E-state index in [1.165, 1.54) is 23.9 Å². The molecule has 0 spiro atoms. The van der Waals surface area contributed by atoms with Gasteiger partial charge in [0.05, 0.1) is 29.7 Å². The van der Waals surface area contributed by atoms with Gasteiger partial charge in [0, 0.05) is 18.9 Å². The standard InChI is InChI=1S/C22H22F3N3O3/c1-13-6-4-7-14(2)20(13)28-18(12-15(27-28)10-11-22(23,24)25)26-19-16(21(29)30)8-5-9-17(19)31-3/h4-9,12,26H,10-11H2,1-3H3,(H,29,30). The van der Waals surface area contributed by atoms with E-state index in [0.29, 0.717) is 11.5 Å². The van der Waals surface area contributed by atoms with Crippen molar-refractivity contribution in [3.8, 4) is 11.4 Å². The van der Waals surface area contributed by atoms with Gasteiger partial charge in [-0.25, -0.2) is 9.48 Å². The molecule has 0 radical (unpaired) electrons. The molecule has 3 aromatic rings. The fourth-order valence-electron chi connectivity index (χ4n) is 3.36. The number of alkyl halides is 3. The number of carbonyl (C=O) groups is 1. The van der Waals surface area contributed by atoms with E-state index in [1.807, 2.05) is 32.0 Å². The Hall–Kier alpha value is -3.49. The summed E-state index contributed by atoms with van der Waals surface area (Å²) in [6, 6.07) is 11.7. The summed E-state index contributed by atoms with van der Waals surface area (Å²) in [4.78, 5) is 11.7. The fraction of sp³-hybridized carbons (Fsp3) is 0.273. The second-order valence-electron chi connectivity index (χ2n) is 7.10. The van der Waals surface area contributed by atoms with Crippen molar-refractivity contribution in [2.45, 2.75) is 32.9 Å². The highest BCUT2D eigenvalue weighted by atomic mass is 19.4. The Balaban J connectivity index is 2.14. The highest BCUT2D eigenvalue weighted by molar-refractivity contribution is 5.97. The minimum Gasteiger partial charge on any atom is -0.495 e. The van der Waals surface area contributed by atoms with Crippen LogP contribution in [0.5, 0.6) is 5.75 Å². The number of nitrogens with zero attached hydrogens (tertiary/aromatic N) is 2. The number of methoxy groups -OCH3 is 1. The number of aromatic nitrogens is 2. The molecular weight excluding hydrogens is 411 g/mol. The van der Waals surface area contributed by atoms with Crippen molar-refractivity contribution in [1.29, 1.82) is 0 Å². The lowest BCUT2D eigenvalue weighted by Gasteiger charge is -2.17. The summed E-state index contributed by atoms with van der Waals surface area (Å²) in [6.45, 7) is 3.74. The molecule has 0 aliphatic rings. The van der Waals surface area contributed by atoms with Gasteiger partial charge in [-0.2, -0.15) is 18.3 Å². The molecule has 0 aliphatic heterocycles. The van der Waals surface area contributed by atoms with Crippen LogP contribution in [0, 0.1) is 13.8 Å². The zero-order chi connectivity index (χ0) is 22.8. The number of hydrogen-bond donors (Lipinski definition) is 2. The molecule has 0 bridgehead atoms. The van der Waals surface area contributed by atoms with Crippen molar-refractivity contribution >= 4 is 17.5 Å². The largest absolute Gasteiger partial charge is 0.495 e. The van der Waals surface area contributed by atoms with Gasteiger partial charge in [-0.05, 0) is 37.1 Å². The molecule has 9 heteroatoms. The lowest BCUT2D eigenvalue weighted by atomic mass is 10.1. The lowest BCUT2D eigenvalue weighted by Crippen LogP contribution is -2.10. The second kappa shape index (κ2) is 8.71. The average molecular weight is 433 g/mol. The van der Waals surface area contributed by atoms with Crippen LogP contribution in [0.3, 0.4) is 0 Å². The Kier molecular flexibility index (Phi) is 6.24. The summed E-state index contributed by atoms with van der Waals surface area (Å²) in [5.41, 5.74) is 2.82. The number of nitrogens with one attached hydrogen (secondary N) is 1. The van der Waals surface area contributed by atoms with Crippen molar-refractivity contribution in [2.75, 3.05) is 12.4 Å². The SMILES string of the molecule is COc1cccc(C(=O)O)c1Nc1cc(CCC(F)(F)F)nn1-c1c(C)cccc1C. The average Bonchev–Trinajstić information content (AvgIpc) is 3.08. The first-order valence-electron chi connectivity index (χ1n) is 9.50. The maximum Gasteiger partial charge on any atom is 0.389 e. The number of aryl methyl sites for hydroxylation is 3. The lowest BCUT2D eigenvalue weighted by molar-refractivity contribution is -0.134. The van der Waals surface area contributed by atoms with Crippen LogP contribution in [0.4, 0.5) is 24.7 Å². The summed E-state index contributed by atoms with van der Waals surface area (Å²) < 4.78 is 45.1. The molecule has 2 aromatic carbocycles. The van der Waals surface area contributed by atoms with Gasteiger partial charge >= 0.3 is 12.1 Å². The Labute approximate surface area is 177 Å². The number of ether oxygens (including phenoxy) is 1. The third-order valence-electron chi connectivity index (χ3n) is 4.81. The molecule has 164 valence electrons. The molecule has 1 heterocycles. The van der Waals surface area contributed by atoms with Crippen molar-refractivity contribution < 1.29 is 27.8 Å². The van der Waals surface area contributed by atoms with E-state index in [0.717, 1.165) is 11.1 Å². The van der Waals surface area contributed by atoms with Gasteiger partial charge in [0.1, 0.15) is 11.6 Å². The summed E-state index contributed by atoms with van der Waals surface area (Å²) in [7, 11) is 1.41. The first-order chi connectivity index (χ1) is 14.6. The van der Waals surface area contributed by atoms with Crippen molar-refractivity contribution in [1.82, 2.24) is 9.78 Å². The quantitative estimate of drug-likeness (QED) is 0.519. The Morgan fingerprint density at radius 1 is 1.16 bits per heavy atom. The van der Waals surface area contributed by atoms with E-state index in [1.54, 1.807) is 12.1 Å². The molecule has 0 aliphatic carbocycles. The topological polar surface area (TPSA) is 76.4 Å². The number of benzene rings is 2. The van der Waals surface area contributed by atoms with Crippen LogP contribution in [-0.4, -0.2) is 34.1 Å². The summed E-state index contributed by atoms with van der Waals surface area (Å²) >= 11 is 0. The summed E-state index contributed by atoms with van der Waals surface area (Å²) in [5.74, 6) is -0.551. The van der Waals surface area contributed by atoms with Crippen LogP contribution < -0.4 is 10.1 Å². The molecule has 0 atom stereocenters. The van der Waals surface area contributed by atoms with Crippen molar-refractivity contribution in [2.24, 2.45) is 0 Å². The van der Waals surface area contributed by atoms with Gasteiger partial charge in [-0.15, -0.1) is 0 Å². The molecular formula is C22H22F3N3O3. The number of halogens is 3. The van der Waals surface area contributed by atoms with Crippen LogP contribution >= 0.6 is 0 Å². The van der Waals surface area contributed by atoms with Crippen LogP contribution in [0.25, 0.3) is 5.69 Å². The molecule has 0 unspecified atom stereocenters. The number of aromatic carboxylic acids is 1. The van der Waals surface area contributed by atoms with Gasteiger partial charge in [0.25, 0.3) is 0 Å². The van der Waals surface area contributed by atoms with Gasteiger partial charge in [-0.3, -0.25) is 0 Å². The van der Waals surface area contributed by atoms with E-state index >= 15 is 0 Å². The van der Waals surface area contributed by atoms with Crippen molar-refractivity contribution in [3.05, 3.63) is 64.8 Å². The van der Waals surface area contributed by atoms with Gasteiger partial charge in [0.15, 0.2) is 0 Å². The summed E-state index contributed by atoms with van der Waals surface area (Å²) in [5, 5.41) is 17.0. The van der Waals surface area contributed by atoms with E-state index in [9.17, 15) is 23.1 Å². The molecule has 3 rings (SSSR count). The Morgan fingerprint density at radius 3 is 2.39 bits per heavy atom. The first kappa shape index (κ1) is 22.2. The third kappa shape index (κ3) is 4.99. The fourth-order valence-corrected chi connectivity index (χ4v) is 3.36. The van der Waals surface area contributed by atoms with Gasteiger partial charge in [0.2, 0.25) is 0 Å². The highest BCUT2D eigenvalue weighted by Gasteiger charge is 2.28. The Morgan fingerprint density at radius 2 is 1.81 bits per heavy atom. The van der Waals surface area contributed by atoms with Crippen LogP contribution in [0.2, 0.25) is 0 Å². The molecule has 31 heavy (non-hydrogen) atoms. The van der Waals surface area contributed by atoms with E-state index in [4.69, 9.17) is 4.74 Å². The monoisotopic (exact) mass is 433 g/mol. The number of rotatable bonds is 7. The normalized spacial score (nSPS) is 11.4. The zero-order valence-corrected chi connectivity index (χ0v) is 17.2. The van der Waals surface area contributed by atoms with E-state index < -0.39 is 18.6 Å². The van der Waals surface area contributed by atoms with Crippen LogP contribution in [0.15, 0.2) is 42.5 Å². The number of hydrogen-bond acceptors (Lipinski definition) is 4. The zero-order valence-electron chi connectivity index (χ0n) is 17.2. The highest BCUT2D eigenvalue weighted by Crippen LogP contribution is 2.34. The van der Waals surface area contributed by atoms with Gasteiger partial charge in [-0.1, -0.05) is 24.3 Å². The molecule has 0 saturated heterocycles. The number of para-hydroxylation sites is 2. The van der Waals surface area contributed by atoms with E-state index in [-0.39, 0.29) is 29.1 Å². The minimum absolute atomic E-state index is 0.0366. The molecule has 0 amide bonds. The number of anilines is 2. The first-order valence-corrected chi connectivity index (χ1v) is 9.50. The maximum atomic E-state index is 12.8. The summed E-state index contributed by atoms with van der Waals surface area (Å²) in [6.07, 6.45) is -5.62. The van der Waals surface area contributed by atoms with E-state index in [2.05, 4.69) is 10.4 Å². The third-order valence-corrected chi connectivity index (χ3v) is 4.81. The van der Waals surface area contributed by atoms with Gasteiger partial charge < -0.3 is 15.2 Å². The predicted octanol–water partition coefficient (Wildman–Crippen LogP) is 5.43. The smallest absolute Gasteiger partial charge is 0.389 e. The van der Waals surface area contributed by atoms with Crippen molar-refractivity contribution in [3.63, 3.8) is 0 Å². The number of carboxylic acids is 1. The number of carboxylic acid groups (broad SMARTS) is 1. The van der Waals surface area contributed by atoms with Crippen LogP contribution in [0.1, 0.15) is 33.6 Å². The molecule has 0 fully saturated rings. The molecule has 1 aromatic heterocycles. The minimum atomic E-state index is -4.31. The second-order valence-corrected chi connectivity index (χ2v) is 7.10. The molecule has 6 nitrogen and oxygen atoms in total. The van der Waals surface area contributed by atoms with Crippen LogP contribution in [-0.2, 0) is 6.42 Å². The maximum absolute atomic E-state index is 12.8. The predicted molar refractivity (Wildman–Crippen MR) is 111 cm³/mol. The Bertz CT molecular complexity index is 1090.